The van der Waals surface area contributed by atoms with Gasteiger partial charge < -0.3 is 30.4 Å². The Morgan fingerprint density at radius 3 is 2.46 bits per heavy atom. The van der Waals surface area contributed by atoms with Gasteiger partial charge in [0.25, 0.3) is 5.56 Å². The topological polar surface area (TPSA) is 293 Å². The number of aromatic amines is 1. The summed E-state index contributed by atoms with van der Waals surface area (Å²) in [6.45, 7) is -0.808. The second-order valence-corrected chi connectivity index (χ2v) is 18.1. The summed E-state index contributed by atoms with van der Waals surface area (Å²) in [6, 6.07) is 0. The van der Waals surface area contributed by atoms with Crippen LogP contribution in [0.2, 0.25) is 0 Å². The number of alkyl halides is 1. The van der Waals surface area contributed by atoms with E-state index in [1.54, 1.807) is 20.8 Å². The molecule has 0 aliphatic carbocycles. The largest absolute Gasteiger partial charge is 0.509 e. The van der Waals surface area contributed by atoms with Crippen molar-refractivity contribution in [3.05, 3.63) is 29.3 Å². The van der Waals surface area contributed by atoms with Crippen LogP contribution in [0.3, 0.4) is 0 Å². The van der Waals surface area contributed by atoms with Crippen LogP contribution in [-0.2, 0) is 50.7 Å². The number of ether oxygens (including phenoxy) is 4. The highest BCUT2D eigenvalue weighted by Gasteiger charge is 2.54. The predicted octanol–water partition coefficient (Wildman–Crippen LogP) is 2.83. The van der Waals surface area contributed by atoms with Crippen LogP contribution in [0.5, 0.6) is 0 Å². The molecule has 5 N–H and O–H groups in total. The smallest absolute Gasteiger partial charge is 0.432 e. The van der Waals surface area contributed by atoms with E-state index in [-0.39, 0.29) is 34.1 Å². The van der Waals surface area contributed by atoms with E-state index in [0.29, 0.717) is 11.4 Å². The highest BCUT2D eigenvalue weighted by atomic mass is 32.7. The van der Waals surface area contributed by atoms with Crippen molar-refractivity contribution in [2.24, 2.45) is 5.92 Å². The summed E-state index contributed by atoms with van der Waals surface area (Å²) in [5.41, 5.74) is 11.3. The van der Waals surface area contributed by atoms with Gasteiger partial charge >= 0.3 is 20.8 Å². The second kappa shape index (κ2) is 15.0. The Hall–Kier alpha value is -3.77. The molecule has 0 aromatic carbocycles. The minimum absolute atomic E-state index is 0.0000732. The number of fused-ring (bicyclic) bond motifs is 5. The Kier molecular flexibility index (Phi) is 10.7. The number of anilines is 2. The summed E-state index contributed by atoms with van der Waals surface area (Å²) in [7, 11) is -3.55. The van der Waals surface area contributed by atoms with Crippen LogP contribution < -0.4 is 17.0 Å². The summed E-state index contributed by atoms with van der Waals surface area (Å²) >= 11 is 0.470. The first-order chi connectivity index (χ1) is 25.7. The molecule has 3 aliphatic rings. The molecule has 10 atom stereocenters. The van der Waals surface area contributed by atoms with Gasteiger partial charge in [-0.2, -0.15) is 4.98 Å². The number of nitrogen functional groups attached to an aromatic ring is 2. The monoisotopic (exact) mass is 820 g/mol. The number of hydrogen-bond acceptors (Lipinski definition) is 21. The lowest BCUT2D eigenvalue weighted by Crippen LogP contribution is -2.34. The fourth-order valence-electron chi connectivity index (χ4n) is 6.00. The molecule has 0 spiro atoms. The number of imidazole rings is 2. The van der Waals surface area contributed by atoms with Crippen LogP contribution in [0.25, 0.3) is 22.3 Å². The van der Waals surface area contributed by atoms with Crippen molar-refractivity contribution in [2.45, 2.75) is 69.9 Å². The van der Waals surface area contributed by atoms with E-state index in [1.807, 2.05) is 0 Å². The first kappa shape index (κ1) is 38.5. The molecule has 0 amide bonds. The fraction of sp³-hybridized carbons (Fsp3) is 0.593. The Morgan fingerprint density at radius 1 is 1.02 bits per heavy atom. The predicted molar refractivity (Wildman–Crippen MR) is 183 cm³/mol. The van der Waals surface area contributed by atoms with E-state index in [9.17, 15) is 18.7 Å². The molecule has 0 radical (unpaired) electrons. The molecule has 4 aromatic heterocycles. The molecule has 4 aromatic rings. The number of aromatic nitrogens is 8. The number of nitrogens with two attached hydrogens (primary N) is 2. The number of carbonyl (C=O) groups excluding carboxylic acids is 1. The zero-order valence-corrected chi connectivity index (χ0v) is 31.4. The number of H-pyrrole nitrogens is 1. The van der Waals surface area contributed by atoms with Crippen molar-refractivity contribution in [1.29, 1.82) is 0 Å². The van der Waals surface area contributed by atoms with Gasteiger partial charge in [0.2, 0.25) is 5.95 Å². The first-order valence-corrected chi connectivity index (χ1v) is 20.8. The molecular weight excluding hydrogens is 785 g/mol. The number of nitrogens with zero attached hydrogens (tertiary/aromatic N) is 7. The highest BCUT2D eigenvalue weighted by molar-refractivity contribution is 8.55. The molecule has 3 saturated heterocycles. The van der Waals surface area contributed by atoms with Gasteiger partial charge in [-0.05, 0) is 13.8 Å². The van der Waals surface area contributed by atoms with Gasteiger partial charge in [0, 0.05) is 24.4 Å². The average Bonchev–Trinajstić information content (AvgIpc) is 3.88. The lowest BCUT2D eigenvalue weighted by Gasteiger charge is -2.28. The fourth-order valence-corrected chi connectivity index (χ4v) is 9.96. The second-order valence-electron chi connectivity index (χ2n) is 12.4. The number of halogens is 1. The third-order valence-electron chi connectivity index (χ3n) is 8.59. The lowest BCUT2D eigenvalue weighted by molar-refractivity contribution is -0.0619. The zero-order chi connectivity index (χ0) is 38.5. The van der Waals surface area contributed by atoms with Crippen molar-refractivity contribution in [1.82, 2.24) is 39.0 Å². The quantitative estimate of drug-likeness (QED) is 0.137. The maximum atomic E-state index is 16.5. The standard InChI is InChI=1S/C27H35FN10O13P2S/c1-11(2)47-27(40)44-10-54-53(42)46-6-14-19(15(28)24(49-14)37-8-33-16-20(29)31-7-32-21(16)37)50-52(41,43-4)45-5-13-12(3)18(51-53)25(48-13)38-9-34-17-22(38)35-26(30)36-23(17)39/h7-9,11-15,18-19,24-25H,5-6,10H2,1-4H3,(H2,29,31,32)(H3,30,35,36,39). The third-order valence-corrected chi connectivity index (χ3v) is 13.4. The molecule has 3 fully saturated rings. The summed E-state index contributed by atoms with van der Waals surface area (Å²) in [6.07, 6.45) is -8.12. The van der Waals surface area contributed by atoms with Crippen LogP contribution in [-0.4, -0.2) is 108 Å². The Labute approximate surface area is 307 Å². The molecule has 10 unspecified atom stereocenters. The summed E-state index contributed by atoms with van der Waals surface area (Å²) in [5.74, 6) is -1.51. The highest BCUT2D eigenvalue weighted by Crippen LogP contribution is 2.64. The van der Waals surface area contributed by atoms with Gasteiger partial charge in [0.1, 0.15) is 30.2 Å². The maximum Gasteiger partial charge on any atom is 0.509 e. The summed E-state index contributed by atoms with van der Waals surface area (Å²) < 4.78 is 98.9. The van der Waals surface area contributed by atoms with Gasteiger partial charge in [-0.15, -0.1) is 0 Å². The molecule has 27 heteroatoms. The van der Waals surface area contributed by atoms with Crippen LogP contribution in [0.1, 0.15) is 33.2 Å². The Morgan fingerprint density at radius 2 is 1.72 bits per heavy atom. The van der Waals surface area contributed by atoms with Gasteiger partial charge in [-0.1, -0.05) is 6.92 Å². The molecule has 294 valence electrons. The third kappa shape index (κ3) is 7.44. The van der Waals surface area contributed by atoms with Crippen LogP contribution >= 0.6 is 26.0 Å². The summed E-state index contributed by atoms with van der Waals surface area (Å²) in [5, 5.41) is 0. The van der Waals surface area contributed by atoms with Crippen molar-refractivity contribution >= 4 is 66.3 Å². The molecule has 7 rings (SSSR count). The van der Waals surface area contributed by atoms with E-state index in [2.05, 4.69) is 29.9 Å². The molecule has 7 heterocycles. The van der Waals surface area contributed by atoms with Crippen LogP contribution in [0.4, 0.5) is 21.0 Å². The SMILES string of the molecule is COP1(=O)OCC2OC(n3cnc4c(=O)[nH]c(N)nc43)C(OP(=O)(SCOC(=O)OC(C)C)OCC3OC(n4cnc5c(N)ncnc54)C(F)C3O1)C2C. The van der Waals surface area contributed by atoms with Crippen LogP contribution in [0.15, 0.2) is 23.8 Å². The molecular formula is C27H35FN10O13P2S. The number of rotatable bonds is 7. The van der Waals surface area contributed by atoms with Crippen molar-refractivity contribution in [3.8, 4) is 0 Å². The average molecular weight is 821 g/mol. The Bertz CT molecular complexity index is 2190. The number of hydrogen-bond donors (Lipinski definition) is 3. The van der Waals surface area contributed by atoms with E-state index in [0.717, 1.165) is 13.4 Å². The lowest BCUT2D eigenvalue weighted by atomic mass is 10.0. The Balaban J connectivity index is 1.25. The maximum absolute atomic E-state index is 16.5. The van der Waals surface area contributed by atoms with Crippen molar-refractivity contribution in [2.75, 3.05) is 37.7 Å². The molecule has 2 bridgehead atoms. The van der Waals surface area contributed by atoms with E-state index in [4.69, 9.17) is 53.0 Å². The van der Waals surface area contributed by atoms with Gasteiger partial charge in [0.05, 0.1) is 38.1 Å². The van der Waals surface area contributed by atoms with E-state index < -0.39 is 101 Å². The zero-order valence-electron chi connectivity index (χ0n) is 28.8. The molecule has 23 nitrogen and oxygen atoms in total. The van der Waals surface area contributed by atoms with Gasteiger partial charge in [-0.25, -0.2) is 38.3 Å². The minimum atomic E-state index is -4.60. The van der Waals surface area contributed by atoms with Gasteiger partial charge in [0.15, 0.2) is 47.2 Å². The number of phosphoric ester groups is 1. The number of phosphoric acid groups is 1. The van der Waals surface area contributed by atoms with Gasteiger partial charge in [-0.3, -0.25) is 41.5 Å². The van der Waals surface area contributed by atoms with Crippen molar-refractivity contribution in [3.63, 3.8) is 0 Å². The molecule has 3 aliphatic heterocycles. The molecule has 54 heavy (non-hydrogen) atoms. The summed E-state index contributed by atoms with van der Waals surface area (Å²) in [4.78, 5) is 47.6. The first-order valence-electron chi connectivity index (χ1n) is 16.2. The normalized spacial score (nSPS) is 33.3. The van der Waals surface area contributed by atoms with Crippen molar-refractivity contribution < 1.29 is 59.9 Å². The number of nitrogens with one attached hydrogen (secondary N) is 1. The van der Waals surface area contributed by atoms with Crippen LogP contribution in [0, 0.1) is 5.92 Å². The molecule has 0 saturated carbocycles. The number of carbonyl (C=O) groups is 1. The van der Waals surface area contributed by atoms with E-state index >= 15 is 4.39 Å². The van der Waals surface area contributed by atoms with E-state index in [1.165, 1.54) is 21.8 Å². The minimum Gasteiger partial charge on any atom is -0.432 e.